The van der Waals surface area contributed by atoms with Crippen LogP contribution in [-0.2, 0) is 0 Å². The first-order chi connectivity index (χ1) is 7.18. The number of hydrogen-bond donors (Lipinski definition) is 1. The Labute approximate surface area is 92.3 Å². The maximum atomic E-state index is 4.42. The van der Waals surface area contributed by atoms with Crippen molar-refractivity contribution in [1.29, 1.82) is 0 Å². The van der Waals surface area contributed by atoms with E-state index in [0.29, 0.717) is 6.04 Å². The van der Waals surface area contributed by atoms with Crippen molar-refractivity contribution >= 4 is 5.96 Å². The molecule has 1 aliphatic carbocycles. The van der Waals surface area contributed by atoms with Crippen LogP contribution in [0, 0.1) is 0 Å². The second-order valence-electron chi connectivity index (χ2n) is 4.75. The number of rotatable bonds is 4. The molecule has 2 aliphatic rings. The summed E-state index contributed by atoms with van der Waals surface area (Å²) in [4.78, 5) is 9.08. The van der Waals surface area contributed by atoms with Gasteiger partial charge >= 0.3 is 0 Å². The Morgan fingerprint density at radius 1 is 1.60 bits per heavy atom. The zero-order valence-electron chi connectivity index (χ0n) is 10.0. The summed E-state index contributed by atoms with van der Waals surface area (Å²) in [6.07, 6.45) is 2.75. The van der Waals surface area contributed by atoms with E-state index in [9.17, 15) is 0 Å². The minimum Gasteiger partial charge on any atom is -0.355 e. The Hall–Kier alpha value is -0.770. The maximum Gasteiger partial charge on any atom is 0.193 e. The molecule has 1 fully saturated rings. The Morgan fingerprint density at radius 2 is 2.33 bits per heavy atom. The lowest BCUT2D eigenvalue weighted by Crippen LogP contribution is -2.44. The molecule has 4 nitrogen and oxygen atoms in total. The molecule has 86 valence electrons. The van der Waals surface area contributed by atoms with Crippen molar-refractivity contribution in [1.82, 2.24) is 15.1 Å². The molecule has 0 bridgehead atoms. The van der Waals surface area contributed by atoms with E-state index in [2.05, 4.69) is 41.1 Å². The molecule has 0 aromatic rings. The van der Waals surface area contributed by atoms with Gasteiger partial charge in [0.1, 0.15) is 0 Å². The van der Waals surface area contributed by atoms with Crippen molar-refractivity contribution in [3.63, 3.8) is 0 Å². The van der Waals surface area contributed by atoms with E-state index in [-0.39, 0.29) is 0 Å². The first-order valence-electron chi connectivity index (χ1n) is 5.90. The monoisotopic (exact) mass is 210 g/mol. The van der Waals surface area contributed by atoms with Crippen molar-refractivity contribution in [3.05, 3.63) is 0 Å². The molecule has 1 atom stereocenters. The second-order valence-corrected chi connectivity index (χ2v) is 4.75. The number of nitrogens with zero attached hydrogens (tertiary/aromatic N) is 3. The third-order valence-corrected chi connectivity index (χ3v) is 3.43. The van der Waals surface area contributed by atoms with Crippen molar-refractivity contribution < 1.29 is 0 Å². The van der Waals surface area contributed by atoms with Gasteiger partial charge in [0, 0.05) is 32.2 Å². The number of hydrogen-bond acceptors (Lipinski definition) is 4. The van der Waals surface area contributed by atoms with Crippen LogP contribution in [0.3, 0.4) is 0 Å². The summed E-state index contributed by atoms with van der Waals surface area (Å²) in [7, 11) is 4.32. The van der Waals surface area contributed by atoms with Crippen LogP contribution in [0.4, 0.5) is 0 Å². The van der Waals surface area contributed by atoms with Crippen LogP contribution in [0.15, 0.2) is 4.99 Å². The molecular formula is C11H22N4. The molecule has 0 aromatic heterocycles. The zero-order valence-corrected chi connectivity index (χ0v) is 10.0. The first kappa shape index (κ1) is 10.7. The van der Waals surface area contributed by atoms with E-state index in [1.807, 2.05) is 0 Å². The summed E-state index contributed by atoms with van der Waals surface area (Å²) >= 11 is 0. The molecule has 1 saturated carbocycles. The Kier molecular flexibility index (Phi) is 3.14. The van der Waals surface area contributed by atoms with Crippen molar-refractivity contribution in [2.24, 2.45) is 4.99 Å². The molecular weight excluding hydrogens is 188 g/mol. The average Bonchev–Trinajstić information content (AvgIpc) is 2.99. The van der Waals surface area contributed by atoms with Gasteiger partial charge in [-0.25, -0.2) is 0 Å². The number of aliphatic imine (C=N–C) groups is 1. The van der Waals surface area contributed by atoms with Crippen LogP contribution in [-0.4, -0.2) is 61.6 Å². The van der Waals surface area contributed by atoms with Gasteiger partial charge in [0.2, 0.25) is 0 Å². The van der Waals surface area contributed by atoms with Gasteiger partial charge in [-0.2, -0.15) is 0 Å². The molecule has 0 aromatic carbocycles. The van der Waals surface area contributed by atoms with Gasteiger partial charge in [-0.05, 0) is 26.8 Å². The fourth-order valence-electron chi connectivity index (χ4n) is 1.95. The van der Waals surface area contributed by atoms with E-state index in [1.165, 1.54) is 12.8 Å². The van der Waals surface area contributed by atoms with E-state index in [4.69, 9.17) is 0 Å². The lowest BCUT2D eigenvalue weighted by Gasteiger charge is -2.26. The molecule has 15 heavy (non-hydrogen) atoms. The molecule has 0 radical (unpaired) electrons. The van der Waals surface area contributed by atoms with E-state index >= 15 is 0 Å². The lowest BCUT2D eigenvalue weighted by atomic mass is 10.3. The molecule has 1 heterocycles. The van der Waals surface area contributed by atoms with Gasteiger partial charge < -0.3 is 10.2 Å². The van der Waals surface area contributed by atoms with Crippen molar-refractivity contribution in [2.75, 3.05) is 33.7 Å². The second kappa shape index (κ2) is 4.39. The normalized spacial score (nSPS) is 23.2. The van der Waals surface area contributed by atoms with Gasteiger partial charge in [0.25, 0.3) is 0 Å². The maximum absolute atomic E-state index is 4.42. The number of guanidine groups is 1. The van der Waals surface area contributed by atoms with Gasteiger partial charge in [0.15, 0.2) is 5.96 Å². The molecule has 0 spiro atoms. The predicted molar refractivity (Wildman–Crippen MR) is 63.2 cm³/mol. The van der Waals surface area contributed by atoms with Gasteiger partial charge in [0.05, 0.1) is 6.54 Å². The van der Waals surface area contributed by atoms with Gasteiger partial charge in [-0.3, -0.25) is 9.89 Å². The van der Waals surface area contributed by atoms with Crippen LogP contribution in [0.2, 0.25) is 0 Å². The summed E-state index contributed by atoms with van der Waals surface area (Å²) in [6, 6.07) is 1.43. The number of nitrogens with one attached hydrogen (secondary N) is 1. The Balaban J connectivity index is 1.72. The highest BCUT2D eigenvalue weighted by Gasteiger charge is 2.29. The zero-order chi connectivity index (χ0) is 10.8. The molecule has 0 amide bonds. The molecule has 2 rings (SSSR count). The molecule has 1 N–H and O–H groups in total. The summed E-state index contributed by atoms with van der Waals surface area (Å²) in [5.41, 5.74) is 0. The molecule has 4 heteroatoms. The molecule has 1 unspecified atom stereocenters. The largest absolute Gasteiger partial charge is 0.355 e. The van der Waals surface area contributed by atoms with Crippen LogP contribution in [0.5, 0.6) is 0 Å². The summed E-state index contributed by atoms with van der Waals surface area (Å²) in [5.74, 6) is 1.06. The third kappa shape index (κ3) is 2.62. The quantitative estimate of drug-likeness (QED) is 0.727. The minimum absolute atomic E-state index is 0.592. The predicted octanol–water partition coefficient (Wildman–Crippen LogP) is 0.360. The Bertz CT molecular complexity index is 247. The smallest absolute Gasteiger partial charge is 0.193 e. The standard InChI is InChI=1S/C11H22N4/c1-9(15(3)10-4-5-10)8-13-11-12-6-7-14(11)2/h9-10H,4-8H2,1-3H3,(H,12,13). The fraction of sp³-hybridized carbons (Fsp3) is 0.909. The fourth-order valence-corrected chi connectivity index (χ4v) is 1.95. The van der Waals surface area contributed by atoms with Crippen LogP contribution < -0.4 is 5.32 Å². The topological polar surface area (TPSA) is 30.9 Å². The highest BCUT2D eigenvalue weighted by atomic mass is 15.3. The third-order valence-electron chi connectivity index (χ3n) is 3.43. The van der Waals surface area contributed by atoms with Crippen LogP contribution in [0.1, 0.15) is 19.8 Å². The van der Waals surface area contributed by atoms with E-state index in [0.717, 1.165) is 31.6 Å². The van der Waals surface area contributed by atoms with Crippen molar-refractivity contribution in [3.8, 4) is 0 Å². The van der Waals surface area contributed by atoms with E-state index in [1.54, 1.807) is 0 Å². The minimum atomic E-state index is 0.592. The highest BCUT2D eigenvalue weighted by Crippen LogP contribution is 2.26. The molecule has 1 aliphatic heterocycles. The lowest BCUT2D eigenvalue weighted by molar-refractivity contribution is 0.246. The summed E-state index contributed by atoms with van der Waals surface area (Å²) in [5, 5.41) is 3.43. The molecule has 0 saturated heterocycles. The highest BCUT2D eigenvalue weighted by molar-refractivity contribution is 5.81. The average molecular weight is 210 g/mol. The Morgan fingerprint density at radius 3 is 2.87 bits per heavy atom. The number of likely N-dealkylation sites (N-methyl/N-ethyl adjacent to an activating group) is 2. The van der Waals surface area contributed by atoms with Crippen molar-refractivity contribution in [2.45, 2.75) is 31.8 Å². The summed E-state index contributed by atoms with van der Waals surface area (Å²) < 4.78 is 0. The van der Waals surface area contributed by atoms with Crippen LogP contribution >= 0.6 is 0 Å². The first-order valence-corrected chi connectivity index (χ1v) is 5.90. The van der Waals surface area contributed by atoms with Gasteiger partial charge in [-0.1, -0.05) is 0 Å². The summed E-state index contributed by atoms with van der Waals surface area (Å²) in [6.45, 7) is 5.26. The van der Waals surface area contributed by atoms with E-state index < -0.39 is 0 Å². The van der Waals surface area contributed by atoms with Gasteiger partial charge in [-0.15, -0.1) is 0 Å². The SMILES string of the molecule is CC(CNC1=NCCN1C)N(C)C1CC1. The van der Waals surface area contributed by atoms with Crippen LogP contribution in [0.25, 0.3) is 0 Å².